The van der Waals surface area contributed by atoms with Crippen LogP contribution in [0.25, 0.3) is 0 Å². The molecule has 0 spiro atoms. The average Bonchev–Trinajstić information content (AvgIpc) is 3.19. The highest BCUT2D eigenvalue weighted by Crippen LogP contribution is 2.54. The van der Waals surface area contributed by atoms with Crippen LogP contribution in [0.4, 0.5) is 0 Å². The Kier molecular flexibility index (Phi) is 7.52. The summed E-state index contributed by atoms with van der Waals surface area (Å²) in [4.78, 5) is 10.8. The smallest absolute Gasteiger partial charge is 0.303 e. The maximum atomic E-state index is 10.8. The zero-order chi connectivity index (χ0) is 21.0. The number of fused-ring (bicyclic) bond motifs is 3. The fourth-order valence-corrected chi connectivity index (χ4v) is 6.73. The highest BCUT2D eigenvalue weighted by atomic mass is 31.1. The van der Waals surface area contributed by atoms with Crippen molar-refractivity contribution in [2.24, 2.45) is 11.8 Å². The molecule has 0 aromatic heterocycles. The van der Waals surface area contributed by atoms with Gasteiger partial charge in [0.25, 0.3) is 0 Å². The van der Waals surface area contributed by atoms with Crippen LogP contribution in [0, 0.1) is 23.7 Å². The highest BCUT2D eigenvalue weighted by molar-refractivity contribution is 7.49. The van der Waals surface area contributed by atoms with E-state index in [-0.39, 0.29) is 30.3 Å². The minimum atomic E-state index is -0.747. The van der Waals surface area contributed by atoms with E-state index in [4.69, 9.17) is 5.11 Å². The van der Waals surface area contributed by atoms with Crippen LogP contribution in [0.1, 0.15) is 56.6 Å². The fourth-order valence-electron chi connectivity index (χ4n) is 4.61. The molecular formula is C24H31O4P. The van der Waals surface area contributed by atoms with Crippen LogP contribution in [0.15, 0.2) is 30.4 Å². The third-order valence-corrected chi connectivity index (χ3v) is 8.07. The molecule has 0 radical (unpaired) electrons. The van der Waals surface area contributed by atoms with E-state index in [1.165, 1.54) is 16.4 Å². The van der Waals surface area contributed by atoms with E-state index >= 15 is 0 Å². The normalized spacial score (nSPS) is 28.0. The molecule has 3 N–H and O–H groups in total. The Morgan fingerprint density at radius 3 is 2.93 bits per heavy atom. The van der Waals surface area contributed by atoms with E-state index in [1.807, 2.05) is 19.1 Å². The molecule has 29 heavy (non-hydrogen) atoms. The number of carboxylic acids is 1. The van der Waals surface area contributed by atoms with Gasteiger partial charge in [-0.2, -0.15) is 0 Å². The molecule has 3 rings (SSSR count). The van der Waals surface area contributed by atoms with Crippen LogP contribution in [0.5, 0.6) is 0 Å². The molecule has 4 nitrogen and oxygen atoms in total. The van der Waals surface area contributed by atoms with Crippen molar-refractivity contribution < 1.29 is 20.1 Å². The second kappa shape index (κ2) is 9.90. The third kappa shape index (κ3) is 5.10. The average molecular weight is 414 g/mol. The molecule has 0 amide bonds. The number of carbonyl (C=O) groups is 1. The summed E-state index contributed by atoms with van der Waals surface area (Å²) in [7, 11) is 0.662. The Labute approximate surface area is 175 Å². The van der Waals surface area contributed by atoms with Crippen LogP contribution in [0.2, 0.25) is 0 Å². The second-order valence-corrected chi connectivity index (χ2v) is 9.80. The van der Waals surface area contributed by atoms with Crippen LogP contribution in [0.3, 0.4) is 0 Å². The van der Waals surface area contributed by atoms with Crippen molar-refractivity contribution in [2.75, 3.05) is 0 Å². The molecule has 1 heterocycles. The van der Waals surface area contributed by atoms with Crippen LogP contribution < -0.4 is 5.30 Å². The minimum absolute atomic E-state index is 0.0159. The Bertz CT molecular complexity index is 822. The molecule has 2 aliphatic rings. The molecule has 1 fully saturated rings. The van der Waals surface area contributed by atoms with Gasteiger partial charge in [0.2, 0.25) is 0 Å². The van der Waals surface area contributed by atoms with E-state index in [9.17, 15) is 15.0 Å². The number of hydrogen-bond acceptors (Lipinski definition) is 3. The lowest BCUT2D eigenvalue weighted by molar-refractivity contribution is -0.137. The number of benzene rings is 1. The largest absolute Gasteiger partial charge is 0.481 e. The Morgan fingerprint density at radius 1 is 1.41 bits per heavy atom. The third-order valence-electron chi connectivity index (χ3n) is 6.21. The van der Waals surface area contributed by atoms with Gasteiger partial charge in [-0.3, -0.25) is 4.79 Å². The van der Waals surface area contributed by atoms with Gasteiger partial charge in [0, 0.05) is 24.7 Å². The van der Waals surface area contributed by atoms with Gasteiger partial charge >= 0.3 is 5.97 Å². The number of aliphatic hydroxyl groups excluding tert-OH is 2. The quantitative estimate of drug-likeness (QED) is 0.347. The number of carboxylic acid groups (broad SMARTS) is 1. The SMILES string of the molecule is CC#CCC(C)[C@H](O)/C=C/[C@@H]1[C@H]2c3cccc(CCCC(=O)O)c3P[C@H]2C[C@H]1O. The first-order valence-electron chi connectivity index (χ1n) is 10.5. The van der Waals surface area contributed by atoms with Gasteiger partial charge in [-0.1, -0.05) is 45.9 Å². The number of aliphatic hydroxyl groups is 2. The number of rotatable bonds is 8. The summed E-state index contributed by atoms with van der Waals surface area (Å²) in [6, 6.07) is 6.35. The summed E-state index contributed by atoms with van der Waals surface area (Å²) >= 11 is 0. The lowest BCUT2D eigenvalue weighted by atomic mass is 9.86. The second-order valence-electron chi connectivity index (χ2n) is 8.27. The molecular weight excluding hydrogens is 383 g/mol. The van der Waals surface area contributed by atoms with Crippen molar-refractivity contribution in [3.8, 4) is 11.8 Å². The van der Waals surface area contributed by atoms with Crippen LogP contribution >= 0.6 is 8.58 Å². The highest BCUT2D eigenvalue weighted by Gasteiger charge is 2.47. The lowest BCUT2D eigenvalue weighted by Gasteiger charge is -2.21. The first-order chi connectivity index (χ1) is 13.9. The molecule has 5 heteroatoms. The van der Waals surface area contributed by atoms with Gasteiger partial charge in [-0.25, -0.2) is 0 Å². The standard InChI is InChI=1S/C24H31O4P/c1-3-4-7-15(2)19(25)13-12-17-20(26)14-21-23(17)18-10-5-8-16(24(18)29-21)9-6-11-22(27)28/h5,8,10,12-13,15,17,19-21,23,25-26,29H,6-7,9,11,14H2,1-2H3,(H,27,28)/b13-12+/t15?,17-,19+,20+,21-,23-/m0/s1. The van der Waals surface area contributed by atoms with Gasteiger partial charge in [0.05, 0.1) is 12.2 Å². The van der Waals surface area contributed by atoms with Crippen molar-refractivity contribution in [3.05, 3.63) is 41.5 Å². The van der Waals surface area contributed by atoms with Crippen molar-refractivity contribution in [3.63, 3.8) is 0 Å². The van der Waals surface area contributed by atoms with E-state index in [1.54, 1.807) is 6.92 Å². The first kappa shape index (κ1) is 22.0. The molecule has 0 bridgehead atoms. The topological polar surface area (TPSA) is 77.8 Å². The van der Waals surface area contributed by atoms with Crippen LogP contribution in [-0.2, 0) is 11.2 Å². The molecule has 2 unspecified atom stereocenters. The summed E-state index contributed by atoms with van der Waals surface area (Å²) in [6.45, 7) is 3.79. The fraction of sp³-hybridized carbons (Fsp3) is 0.542. The van der Waals surface area contributed by atoms with E-state index in [2.05, 4.69) is 30.0 Å². The summed E-state index contributed by atoms with van der Waals surface area (Å²) in [5.41, 5.74) is 3.02. The zero-order valence-corrected chi connectivity index (χ0v) is 18.1. The van der Waals surface area contributed by atoms with Crippen molar-refractivity contribution in [1.29, 1.82) is 0 Å². The van der Waals surface area contributed by atoms with Crippen LogP contribution in [-0.4, -0.2) is 39.2 Å². The Morgan fingerprint density at radius 2 is 2.21 bits per heavy atom. The summed E-state index contributed by atoms with van der Waals surface area (Å²) in [5.74, 6) is 5.50. The molecule has 7 atom stereocenters. The Balaban J connectivity index is 1.75. The van der Waals surface area contributed by atoms with E-state index in [0.717, 1.165) is 12.8 Å². The predicted octanol–water partition coefficient (Wildman–Crippen LogP) is 3.21. The predicted molar refractivity (Wildman–Crippen MR) is 118 cm³/mol. The number of aliphatic carboxylic acids is 1. The van der Waals surface area contributed by atoms with Gasteiger partial charge in [0.1, 0.15) is 0 Å². The van der Waals surface area contributed by atoms with E-state index < -0.39 is 12.1 Å². The van der Waals surface area contributed by atoms with Crippen molar-refractivity contribution in [2.45, 2.75) is 69.7 Å². The summed E-state index contributed by atoms with van der Waals surface area (Å²) in [5, 5.41) is 31.4. The summed E-state index contributed by atoms with van der Waals surface area (Å²) in [6.07, 6.45) is 6.01. The van der Waals surface area contributed by atoms with E-state index in [0.29, 0.717) is 27.1 Å². The molecule has 156 valence electrons. The number of aryl methyl sites for hydroxylation is 1. The summed E-state index contributed by atoms with van der Waals surface area (Å²) < 4.78 is 0. The monoisotopic (exact) mass is 414 g/mol. The lowest BCUT2D eigenvalue weighted by Crippen LogP contribution is -2.20. The van der Waals surface area contributed by atoms with Gasteiger partial charge in [-0.15, -0.1) is 11.8 Å². The first-order valence-corrected chi connectivity index (χ1v) is 11.5. The number of hydrogen-bond donors (Lipinski definition) is 3. The van der Waals surface area contributed by atoms with Gasteiger partial charge < -0.3 is 15.3 Å². The van der Waals surface area contributed by atoms with Crippen molar-refractivity contribution >= 4 is 19.9 Å². The maximum absolute atomic E-state index is 10.8. The molecule has 1 aliphatic carbocycles. The zero-order valence-electron chi connectivity index (χ0n) is 17.1. The van der Waals surface area contributed by atoms with Crippen molar-refractivity contribution in [1.82, 2.24) is 0 Å². The van der Waals surface area contributed by atoms with Gasteiger partial charge in [0.15, 0.2) is 0 Å². The minimum Gasteiger partial charge on any atom is -0.481 e. The molecule has 1 aromatic carbocycles. The van der Waals surface area contributed by atoms with Gasteiger partial charge in [-0.05, 0) is 54.2 Å². The Hall–Kier alpha value is -1.66. The molecule has 1 saturated carbocycles. The molecule has 1 aromatic rings. The maximum Gasteiger partial charge on any atom is 0.303 e. The molecule has 0 saturated heterocycles. The molecule has 1 aliphatic heterocycles.